The molecule has 0 saturated heterocycles. The van der Waals surface area contributed by atoms with Gasteiger partial charge in [0, 0.05) is 19.4 Å². The molecule has 0 aliphatic carbocycles. The minimum absolute atomic E-state index is 0.478. The number of rotatable bonds is 6. The van der Waals surface area contributed by atoms with Crippen molar-refractivity contribution in [2.45, 2.75) is 6.61 Å². The van der Waals surface area contributed by atoms with E-state index in [4.69, 9.17) is 9.47 Å². The second kappa shape index (κ2) is 7.14. The minimum atomic E-state index is 0.478. The van der Waals surface area contributed by atoms with Crippen LogP contribution in [0.2, 0.25) is 0 Å². The summed E-state index contributed by atoms with van der Waals surface area (Å²) in [5.41, 5.74) is 3.06. The molecule has 2 aromatic heterocycles. The van der Waals surface area contributed by atoms with Gasteiger partial charge in [0.05, 0.1) is 11.4 Å². The SMILES string of the molecule is Cn1nccc1COc1ccc(Oc2ccc(-c3ccn[nH]3)cc2)cc1. The molecular weight excluding hydrogens is 328 g/mol. The molecule has 0 atom stereocenters. The Balaban J connectivity index is 1.37. The number of aryl methyl sites for hydroxylation is 1. The molecule has 26 heavy (non-hydrogen) atoms. The van der Waals surface area contributed by atoms with Gasteiger partial charge in [0.2, 0.25) is 0 Å². The van der Waals surface area contributed by atoms with E-state index in [0.717, 1.165) is 34.2 Å². The summed E-state index contributed by atoms with van der Waals surface area (Å²) in [6, 6.07) is 19.3. The Labute approximate surface area is 151 Å². The second-order valence-electron chi connectivity index (χ2n) is 5.80. The van der Waals surface area contributed by atoms with Gasteiger partial charge in [0.25, 0.3) is 0 Å². The molecule has 0 radical (unpaired) electrons. The van der Waals surface area contributed by atoms with Gasteiger partial charge < -0.3 is 9.47 Å². The second-order valence-corrected chi connectivity index (χ2v) is 5.80. The fourth-order valence-corrected chi connectivity index (χ4v) is 2.56. The molecule has 1 N–H and O–H groups in total. The highest BCUT2D eigenvalue weighted by atomic mass is 16.5. The molecule has 0 unspecified atom stereocenters. The van der Waals surface area contributed by atoms with E-state index in [1.165, 1.54) is 0 Å². The van der Waals surface area contributed by atoms with Gasteiger partial charge in [0.15, 0.2) is 0 Å². The third-order valence-electron chi connectivity index (χ3n) is 4.03. The number of nitrogens with one attached hydrogen (secondary N) is 1. The van der Waals surface area contributed by atoms with E-state index >= 15 is 0 Å². The van der Waals surface area contributed by atoms with Crippen molar-refractivity contribution in [2.24, 2.45) is 7.05 Å². The van der Waals surface area contributed by atoms with Crippen molar-refractivity contribution in [3.8, 4) is 28.5 Å². The molecule has 130 valence electrons. The molecule has 2 heterocycles. The van der Waals surface area contributed by atoms with Crippen LogP contribution in [0.5, 0.6) is 17.2 Å². The van der Waals surface area contributed by atoms with Gasteiger partial charge >= 0.3 is 0 Å². The van der Waals surface area contributed by atoms with Crippen molar-refractivity contribution in [1.29, 1.82) is 0 Å². The third kappa shape index (κ3) is 3.59. The van der Waals surface area contributed by atoms with Gasteiger partial charge in [-0.3, -0.25) is 9.78 Å². The summed E-state index contributed by atoms with van der Waals surface area (Å²) in [6.45, 7) is 0.478. The number of hydrogen-bond donors (Lipinski definition) is 1. The van der Waals surface area contributed by atoms with Gasteiger partial charge in [-0.05, 0) is 66.2 Å². The van der Waals surface area contributed by atoms with Crippen LogP contribution in [-0.4, -0.2) is 20.0 Å². The zero-order chi connectivity index (χ0) is 17.8. The highest BCUT2D eigenvalue weighted by Gasteiger charge is 2.03. The molecule has 0 spiro atoms. The number of aromatic amines is 1. The first kappa shape index (κ1) is 16.0. The van der Waals surface area contributed by atoms with Crippen LogP contribution in [-0.2, 0) is 13.7 Å². The largest absolute Gasteiger partial charge is 0.487 e. The Bertz CT molecular complexity index is 958. The van der Waals surface area contributed by atoms with Gasteiger partial charge in [0.1, 0.15) is 23.9 Å². The lowest BCUT2D eigenvalue weighted by atomic mass is 10.1. The number of H-pyrrole nitrogens is 1. The van der Waals surface area contributed by atoms with Crippen molar-refractivity contribution in [3.05, 3.63) is 78.8 Å². The molecule has 4 rings (SSSR count). The zero-order valence-electron chi connectivity index (χ0n) is 14.3. The number of hydrogen-bond acceptors (Lipinski definition) is 4. The summed E-state index contributed by atoms with van der Waals surface area (Å²) in [4.78, 5) is 0. The molecule has 6 nitrogen and oxygen atoms in total. The first-order valence-electron chi connectivity index (χ1n) is 8.25. The quantitative estimate of drug-likeness (QED) is 0.569. The van der Waals surface area contributed by atoms with Crippen molar-refractivity contribution in [2.75, 3.05) is 0 Å². The molecule has 4 aromatic rings. The van der Waals surface area contributed by atoms with E-state index in [2.05, 4.69) is 15.3 Å². The highest BCUT2D eigenvalue weighted by molar-refractivity contribution is 5.59. The fourth-order valence-electron chi connectivity index (χ4n) is 2.56. The molecule has 0 bridgehead atoms. The maximum absolute atomic E-state index is 5.88. The maximum atomic E-state index is 5.88. The number of ether oxygens (including phenoxy) is 2. The molecular formula is C20H18N4O2. The van der Waals surface area contributed by atoms with Crippen molar-refractivity contribution in [3.63, 3.8) is 0 Å². The third-order valence-corrected chi connectivity index (χ3v) is 4.03. The average Bonchev–Trinajstić information content (AvgIpc) is 3.34. The van der Waals surface area contributed by atoms with Crippen LogP contribution in [0.4, 0.5) is 0 Å². The normalized spacial score (nSPS) is 10.7. The van der Waals surface area contributed by atoms with Gasteiger partial charge in [-0.1, -0.05) is 0 Å². The lowest BCUT2D eigenvalue weighted by Gasteiger charge is -2.09. The van der Waals surface area contributed by atoms with E-state index in [1.54, 1.807) is 17.1 Å². The fraction of sp³-hybridized carbons (Fsp3) is 0.100. The maximum Gasteiger partial charge on any atom is 0.130 e. The summed E-state index contributed by atoms with van der Waals surface area (Å²) >= 11 is 0. The Kier molecular flexibility index (Phi) is 4.38. The standard InChI is InChI=1S/C20H18N4O2/c1-24-16(10-13-22-24)14-25-17-6-8-19(9-7-17)26-18-4-2-15(3-5-18)20-11-12-21-23-20/h2-13H,14H2,1H3,(H,21,23). The van der Waals surface area contributed by atoms with E-state index in [0.29, 0.717) is 6.61 Å². The van der Waals surface area contributed by atoms with Crippen molar-refractivity contribution in [1.82, 2.24) is 20.0 Å². The summed E-state index contributed by atoms with van der Waals surface area (Å²) in [6.07, 6.45) is 3.49. The summed E-state index contributed by atoms with van der Waals surface area (Å²) in [5, 5.41) is 11.0. The van der Waals surface area contributed by atoms with Crippen LogP contribution in [0, 0.1) is 0 Å². The lowest BCUT2D eigenvalue weighted by molar-refractivity contribution is 0.294. The summed E-state index contributed by atoms with van der Waals surface area (Å²) < 4.78 is 13.4. The zero-order valence-corrected chi connectivity index (χ0v) is 14.3. The van der Waals surface area contributed by atoms with E-state index in [1.807, 2.05) is 67.7 Å². The highest BCUT2D eigenvalue weighted by Crippen LogP contribution is 2.26. The molecule has 6 heteroatoms. The van der Waals surface area contributed by atoms with Crippen LogP contribution in [0.3, 0.4) is 0 Å². The summed E-state index contributed by atoms with van der Waals surface area (Å²) in [5.74, 6) is 2.32. The number of aromatic nitrogens is 4. The minimum Gasteiger partial charge on any atom is -0.487 e. The van der Waals surface area contributed by atoms with Crippen LogP contribution in [0.25, 0.3) is 11.3 Å². The topological polar surface area (TPSA) is 65.0 Å². The first-order chi connectivity index (χ1) is 12.8. The smallest absolute Gasteiger partial charge is 0.130 e. The van der Waals surface area contributed by atoms with Crippen LogP contribution in [0.15, 0.2) is 73.1 Å². The van der Waals surface area contributed by atoms with E-state index < -0.39 is 0 Å². The lowest BCUT2D eigenvalue weighted by Crippen LogP contribution is -2.02. The summed E-state index contributed by atoms with van der Waals surface area (Å²) in [7, 11) is 1.90. The molecule has 0 saturated carbocycles. The Hall–Kier alpha value is -3.54. The van der Waals surface area contributed by atoms with Crippen LogP contribution in [0.1, 0.15) is 5.69 Å². The Morgan fingerprint density at radius 1 is 0.846 bits per heavy atom. The predicted molar refractivity (Wildman–Crippen MR) is 98.1 cm³/mol. The monoisotopic (exact) mass is 346 g/mol. The van der Waals surface area contributed by atoms with Crippen molar-refractivity contribution < 1.29 is 9.47 Å². The Morgan fingerprint density at radius 2 is 1.54 bits per heavy atom. The molecule has 0 aliphatic heterocycles. The number of benzene rings is 2. The number of nitrogens with zero attached hydrogens (tertiary/aromatic N) is 3. The Morgan fingerprint density at radius 3 is 2.15 bits per heavy atom. The van der Waals surface area contributed by atoms with Crippen molar-refractivity contribution >= 4 is 0 Å². The molecule has 0 aliphatic rings. The van der Waals surface area contributed by atoms with Crippen LogP contribution < -0.4 is 9.47 Å². The van der Waals surface area contributed by atoms with E-state index in [-0.39, 0.29) is 0 Å². The van der Waals surface area contributed by atoms with E-state index in [9.17, 15) is 0 Å². The first-order valence-corrected chi connectivity index (χ1v) is 8.25. The van der Waals surface area contributed by atoms with Gasteiger partial charge in [-0.15, -0.1) is 0 Å². The van der Waals surface area contributed by atoms with Gasteiger partial charge in [-0.2, -0.15) is 10.2 Å². The average molecular weight is 346 g/mol. The molecule has 2 aromatic carbocycles. The molecule has 0 fully saturated rings. The molecule has 0 amide bonds. The van der Waals surface area contributed by atoms with Crippen LogP contribution >= 0.6 is 0 Å². The van der Waals surface area contributed by atoms with Gasteiger partial charge in [-0.25, -0.2) is 0 Å². The predicted octanol–water partition coefficient (Wildman–Crippen LogP) is 4.18.